The van der Waals surface area contributed by atoms with Crippen LogP contribution in [0.25, 0.3) is 11.0 Å². The Morgan fingerprint density at radius 3 is 2.80 bits per heavy atom. The maximum atomic E-state index is 4.71. The fourth-order valence-corrected chi connectivity index (χ4v) is 4.76. The summed E-state index contributed by atoms with van der Waals surface area (Å²) in [5.74, 6) is 1.53. The molecule has 0 bridgehead atoms. The van der Waals surface area contributed by atoms with Crippen molar-refractivity contribution in [3.63, 3.8) is 0 Å². The molecule has 1 saturated carbocycles. The van der Waals surface area contributed by atoms with E-state index in [0.29, 0.717) is 11.3 Å². The van der Waals surface area contributed by atoms with Crippen LogP contribution in [-0.4, -0.2) is 28.3 Å². The molecule has 4 heteroatoms. The van der Waals surface area contributed by atoms with Gasteiger partial charge in [-0.3, -0.25) is 0 Å². The standard InChI is InChI=1S/C16H23N3S/c1-10-8-11(2)15(14(9-10)17-3)20-16-18-12-6-4-5-7-13(12)19-16/h4-7,10-11,14-15,17H,8-9H2,1-3H3,(H,18,19). The van der Waals surface area contributed by atoms with E-state index < -0.39 is 0 Å². The minimum atomic E-state index is 0.576. The maximum absolute atomic E-state index is 4.71. The number of hydrogen-bond acceptors (Lipinski definition) is 3. The Morgan fingerprint density at radius 1 is 1.25 bits per heavy atom. The number of aromatic amines is 1. The van der Waals surface area contributed by atoms with Gasteiger partial charge in [-0.2, -0.15) is 0 Å². The molecule has 0 spiro atoms. The number of fused-ring (bicyclic) bond motifs is 1. The molecule has 1 aromatic heterocycles. The minimum absolute atomic E-state index is 0.576. The quantitative estimate of drug-likeness (QED) is 0.905. The summed E-state index contributed by atoms with van der Waals surface area (Å²) in [6, 6.07) is 8.83. The van der Waals surface area contributed by atoms with Crippen molar-refractivity contribution >= 4 is 22.8 Å². The molecule has 1 heterocycles. The highest BCUT2D eigenvalue weighted by molar-refractivity contribution is 7.99. The van der Waals surface area contributed by atoms with Gasteiger partial charge in [0.1, 0.15) is 0 Å². The number of benzene rings is 1. The van der Waals surface area contributed by atoms with Gasteiger partial charge in [-0.25, -0.2) is 4.98 Å². The van der Waals surface area contributed by atoms with Crippen LogP contribution < -0.4 is 5.32 Å². The zero-order valence-corrected chi connectivity index (χ0v) is 13.2. The van der Waals surface area contributed by atoms with Crippen molar-refractivity contribution in [2.75, 3.05) is 7.05 Å². The van der Waals surface area contributed by atoms with Crippen LogP contribution in [0, 0.1) is 11.8 Å². The zero-order chi connectivity index (χ0) is 14.1. The van der Waals surface area contributed by atoms with E-state index in [1.54, 1.807) is 0 Å². The lowest BCUT2D eigenvalue weighted by Gasteiger charge is -2.38. The van der Waals surface area contributed by atoms with E-state index in [2.05, 4.69) is 49.4 Å². The average molecular weight is 289 g/mol. The van der Waals surface area contributed by atoms with Gasteiger partial charge in [0.25, 0.3) is 0 Å². The monoisotopic (exact) mass is 289 g/mol. The van der Waals surface area contributed by atoms with Crippen molar-refractivity contribution in [2.24, 2.45) is 11.8 Å². The average Bonchev–Trinajstić information content (AvgIpc) is 2.83. The lowest BCUT2D eigenvalue weighted by atomic mass is 9.80. The third kappa shape index (κ3) is 2.72. The Morgan fingerprint density at radius 2 is 2.05 bits per heavy atom. The summed E-state index contributed by atoms with van der Waals surface area (Å²) in [5.41, 5.74) is 2.20. The predicted molar refractivity (Wildman–Crippen MR) is 86.1 cm³/mol. The Labute approximate surface area is 124 Å². The van der Waals surface area contributed by atoms with Crippen LogP contribution in [0.5, 0.6) is 0 Å². The number of thioether (sulfide) groups is 1. The van der Waals surface area contributed by atoms with Crippen LogP contribution in [-0.2, 0) is 0 Å². The fraction of sp³-hybridized carbons (Fsp3) is 0.562. The van der Waals surface area contributed by atoms with E-state index in [9.17, 15) is 0 Å². The smallest absolute Gasteiger partial charge is 0.166 e. The van der Waals surface area contributed by atoms with Crippen molar-refractivity contribution in [2.45, 2.75) is 43.1 Å². The molecule has 0 amide bonds. The van der Waals surface area contributed by atoms with Crippen LogP contribution in [0.3, 0.4) is 0 Å². The first-order valence-corrected chi connectivity index (χ1v) is 8.34. The molecule has 0 radical (unpaired) electrons. The van der Waals surface area contributed by atoms with Crippen LogP contribution in [0.4, 0.5) is 0 Å². The molecule has 3 nitrogen and oxygen atoms in total. The number of H-pyrrole nitrogens is 1. The van der Waals surface area contributed by atoms with Crippen molar-refractivity contribution in [1.82, 2.24) is 15.3 Å². The van der Waals surface area contributed by atoms with Crippen LogP contribution in [0.1, 0.15) is 26.7 Å². The van der Waals surface area contributed by atoms with E-state index in [-0.39, 0.29) is 0 Å². The summed E-state index contributed by atoms with van der Waals surface area (Å²) in [4.78, 5) is 8.15. The number of rotatable bonds is 3. The number of nitrogens with zero attached hydrogens (tertiary/aromatic N) is 1. The Bertz CT molecular complexity index is 547. The van der Waals surface area contributed by atoms with Gasteiger partial charge in [-0.05, 0) is 43.9 Å². The van der Waals surface area contributed by atoms with E-state index in [0.717, 1.165) is 28.0 Å². The van der Waals surface area contributed by atoms with Gasteiger partial charge in [0.15, 0.2) is 5.16 Å². The van der Waals surface area contributed by atoms with Gasteiger partial charge in [-0.15, -0.1) is 0 Å². The van der Waals surface area contributed by atoms with E-state index in [4.69, 9.17) is 4.98 Å². The predicted octanol–water partition coefficient (Wildman–Crippen LogP) is 3.68. The summed E-state index contributed by atoms with van der Waals surface area (Å²) >= 11 is 1.90. The number of nitrogens with one attached hydrogen (secondary N) is 2. The molecule has 1 aliphatic rings. The largest absolute Gasteiger partial charge is 0.333 e. The Balaban J connectivity index is 1.81. The van der Waals surface area contributed by atoms with Crippen molar-refractivity contribution < 1.29 is 0 Å². The second kappa shape index (κ2) is 5.78. The topological polar surface area (TPSA) is 40.7 Å². The van der Waals surface area contributed by atoms with Gasteiger partial charge in [0.2, 0.25) is 0 Å². The first-order chi connectivity index (χ1) is 9.67. The first kappa shape index (κ1) is 14.0. The molecule has 0 saturated heterocycles. The molecule has 108 valence electrons. The molecule has 1 fully saturated rings. The van der Waals surface area contributed by atoms with Crippen LogP contribution in [0.2, 0.25) is 0 Å². The van der Waals surface area contributed by atoms with Crippen molar-refractivity contribution in [1.29, 1.82) is 0 Å². The number of hydrogen-bond donors (Lipinski definition) is 2. The molecule has 20 heavy (non-hydrogen) atoms. The van der Waals surface area contributed by atoms with Crippen molar-refractivity contribution in [3.05, 3.63) is 24.3 Å². The summed E-state index contributed by atoms with van der Waals surface area (Å²) < 4.78 is 0. The third-order valence-corrected chi connectivity index (χ3v) is 5.86. The third-order valence-electron chi connectivity index (χ3n) is 4.37. The van der Waals surface area contributed by atoms with E-state index in [1.165, 1.54) is 12.8 Å². The molecule has 4 unspecified atom stereocenters. The summed E-state index contributed by atoms with van der Waals surface area (Å²) in [7, 11) is 2.08. The number of aromatic nitrogens is 2. The molecule has 3 rings (SSSR count). The molecular formula is C16H23N3S. The van der Waals surface area contributed by atoms with Gasteiger partial charge in [0.05, 0.1) is 11.0 Å². The molecule has 0 aliphatic heterocycles. The zero-order valence-electron chi connectivity index (χ0n) is 12.4. The lowest BCUT2D eigenvalue weighted by Crippen LogP contribution is -2.44. The SMILES string of the molecule is CNC1CC(C)CC(C)C1Sc1nc2ccccc2[nH]1. The second-order valence-corrected chi connectivity index (χ2v) is 7.26. The summed E-state index contributed by atoms with van der Waals surface area (Å²) in [5, 5.41) is 5.15. The maximum Gasteiger partial charge on any atom is 0.166 e. The highest BCUT2D eigenvalue weighted by atomic mass is 32.2. The number of imidazole rings is 1. The van der Waals surface area contributed by atoms with Crippen molar-refractivity contribution in [3.8, 4) is 0 Å². The normalized spacial score (nSPS) is 30.8. The highest BCUT2D eigenvalue weighted by Gasteiger charge is 2.34. The second-order valence-electron chi connectivity index (χ2n) is 6.09. The molecule has 2 aromatic rings. The van der Waals surface area contributed by atoms with Gasteiger partial charge in [0, 0.05) is 11.3 Å². The van der Waals surface area contributed by atoms with E-state index >= 15 is 0 Å². The highest BCUT2D eigenvalue weighted by Crippen LogP contribution is 2.39. The van der Waals surface area contributed by atoms with Gasteiger partial charge < -0.3 is 10.3 Å². The summed E-state index contributed by atoms with van der Waals surface area (Å²) in [6.07, 6.45) is 2.58. The van der Waals surface area contributed by atoms with Crippen LogP contribution >= 0.6 is 11.8 Å². The molecule has 4 atom stereocenters. The summed E-state index contributed by atoms with van der Waals surface area (Å²) in [6.45, 7) is 4.74. The number of para-hydroxylation sites is 2. The molecular weight excluding hydrogens is 266 g/mol. The Hall–Kier alpha value is -1.00. The van der Waals surface area contributed by atoms with Gasteiger partial charge >= 0.3 is 0 Å². The minimum Gasteiger partial charge on any atom is -0.333 e. The first-order valence-electron chi connectivity index (χ1n) is 7.46. The Kier molecular flexibility index (Phi) is 4.03. The lowest BCUT2D eigenvalue weighted by molar-refractivity contribution is 0.257. The van der Waals surface area contributed by atoms with E-state index in [1.807, 2.05) is 17.8 Å². The molecule has 2 N–H and O–H groups in total. The fourth-order valence-electron chi connectivity index (χ4n) is 3.42. The van der Waals surface area contributed by atoms with Gasteiger partial charge in [-0.1, -0.05) is 37.7 Å². The molecule has 1 aromatic carbocycles. The van der Waals surface area contributed by atoms with Crippen LogP contribution in [0.15, 0.2) is 29.4 Å². The molecule has 1 aliphatic carbocycles.